The summed E-state index contributed by atoms with van der Waals surface area (Å²) in [6, 6.07) is 5.44. The molecule has 114 valence electrons. The van der Waals surface area contributed by atoms with Crippen LogP contribution < -0.4 is 11.1 Å². The van der Waals surface area contributed by atoms with Crippen LogP contribution in [0.2, 0.25) is 0 Å². The zero-order chi connectivity index (χ0) is 15.2. The average Bonchev–Trinajstić information content (AvgIpc) is 2.50. The van der Waals surface area contributed by atoms with E-state index >= 15 is 0 Å². The predicted molar refractivity (Wildman–Crippen MR) is 86.7 cm³/mol. The van der Waals surface area contributed by atoms with Gasteiger partial charge in [-0.3, -0.25) is 9.59 Å². The number of hydrogen-bond donors (Lipinski definition) is 2. The highest BCUT2D eigenvalue weighted by Crippen LogP contribution is 2.20. The largest absolute Gasteiger partial charge is 0.337 e. The minimum Gasteiger partial charge on any atom is -0.337 e. The number of nitrogens with one attached hydrogen (secondary N) is 1. The Morgan fingerprint density at radius 3 is 2.71 bits per heavy atom. The minimum absolute atomic E-state index is 0.0321. The van der Waals surface area contributed by atoms with Crippen LogP contribution in [0, 0.1) is 6.92 Å². The quantitative estimate of drug-likeness (QED) is 0.883. The lowest BCUT2D eigenvalue weighted by atomic mass is 10.1. The van der Waals surface area contributed by atoms with E-state index < -0.39 is 0 Å². The molecule has 5 nitrogen and oxygen atoms in total. The number of nitrogens with zero attached hydrogens (tertiary/aromatic N) is 1. The van der Waals surface area contributed by atoms with Crippen molar-refractivity contribution in [3.05, 3.63) is 29.3 Å². The summed E-state index contributed by atoms with van der Waals surface area (Å²) in [7, 11) is 0. The van der Waals surface area contributed by atoms with Crippen LogP contribution in [0.5, 0.6) is 0 Å². The van der Waals surface area contributed by atoms with Gasteiger partial charge < -0.3 is 16.0 Å². The van der Waals surface area contributed by atoms with Crippen LogP contribution in [-0.4, -0.2) is 47.9 Å². The van der Waals surface area contributed by atoms with Crippen molar-refractivity contribution in [2.75, 3.05) is 36.5 Å². The monoisotopic (exact) mass is 307 g/mol. The second-order valence-corrected chi connectivity index (χ2v) is 6.25. The van der Waals surface area contributed by atoms with Crippen LogP contribution in [0.4, 0.5) is 5.69 Å². The molecule has 1 aromatic rings. The van der Waals surface area contributed by atoms with E-state index in [1.54, 1.807) is 6.07 Å². The van der Waals surface area contributed by atoms with Crippen LogP contribution in [0.15, 0.2) is 18.2 Å². The van der Waals surface area contributed by atoms with Gasteiger partial charge in [0.2, 0.25) is 5.91 Å². The Balaban J connectivity index is 2.13. The fourth-order valence-electron chi connectivity index (χ4n) is 2.18. The second-order valence-electron chi connectivity index (χ2n) is 5.02. The van der Waals surface area contributed by atoms with E-state index in [9.17, 15) is 9.59 Å². The normalized spacial score (nSPS) is 14.9. The lowest BCUT2D eigenvalue weighted by molar-refractivity contribution is -0.116. The molecule has 0 spiro atoms. The first kappa shape index (κ1) is 15.9. The predicted octanol–water partition coefficient (Wildman–Crippen LogP) is 1.47. The van der Waals surface area contributed by atoms with Crippen LogP contribution in [0.1, 0.15) is 22.3 Å². The highest BCUT2D eigenvalue weighted by Gasteiger charge is 2.19. The molecule has 1 heterocycles. The topological polar surface area (TPSA) is 75.4 Å². The Labute approximate surface area is 129 Å². The summed E-state index contributed by atoms with van der Waals surface area (Å²) in [6.07, 6.45) is 0.279. The van der Waals surface area contributed by atoms with E-state index in [-0.39, 0.29) is 18.2 Å². The summed E-state index contributed by atoms with van der Waals surface area (Å²) in [5.74, 6) is 1.87. The summed E-state index contributed by atoms with van der Waals surface area (Å²) >= 11 is 1.87. The highest BCUT2D eigenvalue weighted by molar-refractivity contribution is 7.99. The molecule has 2 rings (SSSR count). The summed E-state index contributed by atoms with van der Waals surface area (Å²) in [4.78, 5) is 26.0. The molecule has 0 aromatic heterocycles. The molecule has 0 saturated carbocycles. The van der Waals surface area contributed by atoms with E-state index in [1.165, 1.54) is 0 Å². The van der Waals surface area contributed by atoms with Gasteiger partial charge in [0.1, 0.15) is 0 Å². The summed E-state index contributed by atoms with van der Waals surface area (Å²) < 4.78 is 0. The Bertz CT molecular complexity index is 528. The lowest BCUT2D eigenvalue weighted by Crippen LogP contribution is -2.37. The number of anilines is 1. The SMILES string of the molecule is Cc1ccc(C(=O)N2CCSCC2)cc1NC(=O)CCN. The first-order valence-electron chi connectivity index (χ1n) is 7.09. The Kier molecular flexibility index (Phi) is 5.64. The van der Waals surface area contributed by atoms with E-state index in [1.807, 2.05) is 35.7 Å². The lowest BCUT2D eigenvalue weighted by Gasteiger charge is -2.26. The number of rotatable bonds is 4. The molecule has 2 amide bonds. The third-order valence-corrected chi connectivity index (χ3v) is 4.37. The minimum atomic E-state index is -0.125. The molecule has 0 aliphatic carbocycles. The van der Waals surface area contributed by atoms with E-state index in [2.05, 4.69) is 5.32 Å². The number of carbonyl (C=O) groups excluding carboxylic acids is 2. The van der Waals surface area contributed by atoms with E-state index in [0.717, 1.165) is 30.2 Å². The molecule has 0 atom stereocenters. The number of benzene rings is 1. The van der Waals surface area contributed by atoms with Gasteiger partial charge in [0.25, 0.3) is 5.91 Å². The fourth-order valence-corrected chi connectivity index (χ4v) is 3.09. The number of nitrogens with two attached hydrogens (primary N) is 1. The van der Waals surface area contributed by atoms with Crippen molar-refractivity contribution >= 4 is 29.3 Å². The Morgan fingerprint density at radius 1 is 1.33 bits per heavy atom. The van der Waals surface area contributed by atoms with Crippen molar-refractivity contribution in [3.8, 4) is 0 Å². The molecule has 6 heteroatoms. The molecule has 1 saturated heterocycles. The van der Waals surface area contributed by atoms with Crippen molar-refractivity contribution < 1.29 is 9.59 Å². The molecule has 21 heavy (non-hydrogen) atoms. The Hall–Kier alpha value is -1.53. The van der Waals surface area contributed by atoms with Gasteiger partial charge in [-0.2, -0.15) is 11.8 Å². The van der Waals surface area contributed by atoms with E-state index in [0.29, 0.717) is 17.8 Å². The molecule has 0 unspecified atom stereocenters. The molecule has 0 bridgehead atoms. The van der Waals surface area contributed by atoms with Gasteiger partial charge in [0, 0.05) is 48.8 Å². The summed E-state index contributed by atoms with van der Waals surface area (Å²) in [6.45, 7) is 3.79. The Morgan fingerprint density at radius 2 is 2.05 bits per heavy atom. The maximum absolute atomic E-state index is 12.5. The van der Waals surface area contributed by atoms with Crippen LogP contribution >= 0.6 is 11.8 Å². The molecule has 1 fully saturated rings. The third kappa shape index (κ3) is 4.22. The molecular weight excluding hydrogens is 286 g/mol. The number of aryl methyl sites for hydroxylation is 1. The fraction of sp³-hybridized carbons (Fsp3) is 0.467. The van der Waals surface area contributed by atoms with Gasteiger partial charge in [0.15, 0.2) is 0 Å². The first-order chi connectivity index (χ1) is 10.1. The molecule has 3 N–H and O–H groups in total. The number of hydrogen-bond acceptors (Lipinski definition) is 4. The van der Waals surface area contributed by atoms with Gasteiger partial charge in [-0.05, 0) is 24.6 Å². The van der Waals surface area contributed by atoms with Crippen LogP contribution in [0.25, 0.3) is 0 Å². The molecule has 1 aliphatic rings. The number of thioether (sulfide) groups is 1. The number of carbonyl (C=O) groups is 2. The van der Waals surface area contributed by atoms with Gasteiger partial charge in [-0.25, -0.2) is 0 Å². The van der Waals surface area contributed by atoms with Crippen molar-refractivity contribution in [2.45, 2.75) is 13.3 Å². The molecule has 0 radical (unpaired) electrons. The maximum Gasteiger partial charge on any atom is 0.253 e. The van der Waals surface area contributed by atoms with Crippen molar-refractivity contribution in [1.29, 1.82) is 0 Å². The van der Waals surface area contributed by atoms with Gasteiger partial charge in [-0.15, -0.1) is 0 Å². The van der Waals surface area contributed by atoms with Crippen LogP contribution in [0.3, 0.4) is 0 Å². The highest BCUT2D eigenvalue weighted by atomic mass is 32.2. The zero-order valence-corrected chi connectivity index (χ0v) is 13.0. The second kappa shape index (κ2) is 7.47. The van der Waals surface area contributed by atoms with Gasteiger partial charge >= 0.3 is 0 Å². The molecule has 1 aromatic carbocycles. The van der Waals surface area contributed by atoms with Gasteiger partial charge in [0.05, 0.1) is 0 Å². The smallest absolute Gasteiger partial charge is 0.253 e. The first-order valence-corrected chi connectivity index (χ1v) is 8.25. The van der Waals surface area contributed by atoms with Gasteiger partial charge in [-0.1, -0.05) is 6.07 Å². The molecule has 1 aliphatic heterocycles. The van der Waals surface area contributed by atoms with E-state index in [4.69, 9.17) is 5.73 Å². The summed E-state index contributed by atoms with van der Waals surface area (Å²) in [5, 5.41) is 2.82. The summed E-state index contributed by atoms with van der Waals surface area (Å²) in [5.41, 5.74) is 7.62. The number of amides is 2. The zero-order valence-electron chi connectivity index (χ0n) is 12.2. The van der Waals surface area contributed by atoms with Crippen molar-refractivity contribution in [2.24, 2.45) is 5.73 Å². The standard InChI is InChI=1S/C15H21N3O2S/c1-11-2-3-12(10-13(11)17-14(19)4-5-16)15(20)18-6-8-21-9-7-18/h2-3,10H,4-9,16H2,1H3,(H,17,19). The maximum atomic E-state index is 12.5. The average molecular weight is 307 g/mol. The molecular formula is C15H21N3O2S. The van der Waals surface area contributed by atoms with Crippen molar-refractivity contribution in [3.63, 3.8) is 0 Å². The van der Waals surface area contributed by atoms with Crippen molar-refractivity contribution in [1.82, 2.24) is 4.90 Å². The third-order valence-electron chi connectivity index (χ3n) is 3.43. The van der Waals surface area contributed by atoms with Crippen LogP contribution in [-0.2, 0) is 4.79 Å².